The summed E-state index contributed by atoms with van der Waals surface area (Å²) in [5.41, 5.74) is 8.49. The van der Waals surface area contributed by atoms with E-state index in [-0.39, 0.29) is 0 Å². The van der Waals surface area contributed by atoms with Gasteiger partial charge in [0, 0.05) is 11.6 Å². The van der Waals surface area contributed by atoms with E-state index in [2.05, 4.69) is 25.5 Å². The fourth-order valence-electron chi connectivity index (χ4n) is 2.35. The smallest absolute Gasteiger partial charge is 0.227 e. The van der Waals surface area contributed by atoms with Crippen LogP contribution in [0.15, 0.2) is 48.7 Å². The highest BCUT2D eigenvalue weighted by molar-refractivity contribution is 6.00. The molecule has 6 nitrogen and oxygen atoms in total. The molecule has 2 aromatic carbocycles. The van der Waals surface area contributed by atoms with E-state index in [1.165, 1.54) is 0 Å². The van der Waals surface area contributed by atoms with Crippen LogP contribution in [0.3, 0.4) is 0 Å². The number of nitrogens with two attached hydrogens (primary N) is 1. The third-order valence-corrected chi connectivity index (χ3v) is 3.35. The summed E-state index contributed by atoms with van der Waals surface area (Å²) in [5, 5.41) is 12.0. The summed E-state index contributed by atoms with van der Waals surface area (Å²) in [5.74, 6) is 0.982. The maximum atomic E-state index is 5.90. The number of aromatic nitrogens is 4. The Morgan fingerprint density at radius 2 is 1.95 bits per heavy atom. The zero-order valence-electron chi connectivity index (χ0n) is 11.0. The maximum Gasteiger partial charge on any atom is 0.227 e. The van der Waals surface area contributed by atoms with E-state index < -0.39 is 0 Å². The quantitative estimate of drug-likeness (QED) is 0.523. The first-order valence-electron chi connectivity index (χ1n) is 6.52. The summed E-state index contributed by atoms with van der Waals surface area (Å²) >= 11 is 0. The Kier molecular flexibility index (Phi) is 2.47. The van der Waals surface area contributed by atoms with Crippen LogP contribution in [0, 0.1) is 0 Å². The number of nitrogens with one attached hydrogen (secondary N) is 2. The Bertz CT molecular complexity index is 943. The summed E-state index contributed by atoms with van der Waals surface area (Å²) in [6.45, 7) is 0. The van der Waals surface area contributed by atoms with Crippen LogP contribution in [0.4, 0.5) is 17.5 Å². The minimum atomic E-state index is 0.453. The Morgan fingerprint density at radius 1 is 1.05 bits per heavy atom. The van der Waals surface area contributed by atoms with Gasteiger partial charge in [0.1, 0.15) is 0 Å². The van der Waals surface area contributed by atoms with Gasteiger partial charge < -0.3 is 11.1 Å². The Balaban J connectivity index is 1.81. The third-order valence-electron chi connectivity index (χ3n) is 3.35. The van der Waals surface area contributed by atoms with Crippen molar-refractivity contribution in [1.82, 2.24) is 20.2 Å². The van der Waals surface area contributed by atoms with Gasteiger partial charge in [-0.15, -0.1) is 0 Å². The number of anilines is 3. The number of hydrogen-bond donors (Lipinski definition) is 3. The van der Waals surface area contributed by atoms with Gasteiger partial charge in [-0.1, -0.05) is 24.3 Å². The molecule has 0 amide bonds. The normalized spacial score (nSPS) is 11.0. The summed E-state index contributed by atoms with van der Waals surface area (Å²) in [7, 11) is 0. The van der Waals surface area contributed by atoms with E-state index >= 15 is 0 Å². The van der Waals surface area contributed by atoms with Gasteiger partial charge in [-0.25, -0.2) is 9.97 Å². The molecule has 0 radical (unpaired) electrons. The second-order valence-electron chi connectivity index (χ2n) is 4.71. The van der Waals surface area contributed by atoms with Crippen LogP contribution < -0.4 is 11.1 Å². The van der Waals surface area contributed by atoms with E-state index in [1.54, 1.807) is 6.20 Å². The lowest BCUT2D eigenvalue weighted by Crippen LogP contribution is -1.98. The molecule has 4 rings (SSSR count). The Morgan fingerprint density at radius 3 is 2.90 bits per heavy atom. The van der Waals surface area contributed by atoms with Gasteiger partial charge in [-0.3, -0.25) is 5.10 Å². The molecule has 0 unspecified atom stereocenters. The van der Waals surface area contributed by atoms with Crippen molar-refractivity contribution in [2.24, 2.45) is 0 Å². The highest BCUT2D eigenvalue weighted by Gasteiger charge is 2.09. The SMILES string of the molecule is Nc1n[nH]c2cccc(Nc3ncc4ccccc4n3)c12. The van der Waals surface area contributed by atoms with Crippen LogP contribution in [-0.2, 0) is 0 Å². The van der Waals surface area contributed by atoms with E-state index in [0.717, 1.165) is 27.5 Å². The molecule has 0 aliphatic rings. The highest BCUT2D eigenvalue weighted by Crippen LogP contribution is 2.28. The highest BCUT2D eigenvalue weighted by atomic mass is 15.2. The van der Waals surface area contributed by atoms with Gasteiger partial charge in [0.15, 0.2) is 5.82 Å². The summed E-state index contributed by atoms with van der Waals surface area (Å²) < 4.78 is 0. The van der Waals surface area contributed by atoms with Crippen molar-refractivity contribution in [3.63, 3.8) is 0 Å². The molecule has 21 heavy (non-hydrogen) atoms. The summed E-state index contributed by atoms with van der Waals surface area (Å²) in [6.07, 6.45) is 1.80. The molecular weight excluding hydrogens is 264 g/mol. The van der Waals surface area contributed by atoms with Crippen molar-refractivity contribution in [2.45, 2.75) is 0 Å². The molecule has 4 N–H and O–H groups in total. The van der Waals surface area contributed by atoms with Crippen LogP contribution in [0.2, 0.25) is 0 Å². The van der Waals surface area contributed by atoms with E-state index in [1.807, 2.05) is 42.5 Å². The van der Waals surface area contributed by atoms with Crippen molar-refractivity contribution in [3.8, 4) is 0 Å². The molecule has 6 heteroatoms. The number of rotatable bonds is 2. The molecule has 2 aromatic heterocycles. The number of aromatic amines is 1. The number of nitrogens with zero attached hydrogens (tertiary/aromatic N) is 3. The lowest BCUT2D eigenvalue weighted by atomic mass is 10.2. The topological polar surface area (TPSA) is 92.5 Å². The fourth-order valence-corrected chi connectivity index (χ4v) is 2.35. The zero-order chi connectivity index (χ0) is 14.2. The third kappa shape index (κ3) is 1.93. The van der Waals surface area contributed by atoms with Gasteiger partial charge in [-0.2, -0.15) is 5.10 Å². The first kappa shape index (κ1) is 11.7. The van der Waals surface area contributed by atoms with Crippen LogP contribution in [0.25, 0.3) is 21.8 Å². The predicted octanol–water partition coefficient (Wildman–Crippen LogP) is 2.83. The molecule has 0 aliphatic carbocycles. The Labute approximate surface area is 120 Å². The molecule has 4 aromatic rings. The van der Waals surface area contributed by atoms with Crippen molar-refractivity contribution < 1.29 is 0 Å². The summed E-state index contributed by atoms with van der Waals surface area (Å²) in [6, 6.07) is 13.6. The molecule has 102 valence electrons. The lowest BCUT2D eigenvalue weighted by Gasteiger charge is -2.07. The van der Waals surface area contributed by atoms with Crippen LogP contribution in [0.1, 0.15) is 0 Å². The van der Waals surface area contributed by atoms with Gasteiger partial charge in [0.25, 0.3) is 0 Å². The molecule has 0 atom stereocenters. The first-order chi connectivity index (χ1) is 10.3. The van der Waals surface area contributed by atoms with Crippen LogP contribution >= 0.6 is 0 Å². The van der Waals surface area contributed by atoms with Crippen molar-refractivity contribution >= 4 is 39.3 Å². The molecule has 0 saturated heterocycles. The predicted molar refractivity (Wildman–Crippen MR) is 83.3 cm³/mol. The molecule has 0 aliphatic heterocycles. The van der Waals surface area contributed by atoms with Gasteiger partial charge in [0.2, 0.25) is 5.95 Å². The van der Waals surface area contributed by atoms with Crippen molar-refractivity contribution in [1.29, 1.82) is 0 Å². The number of fused-ring (bicyclic) bond motifs is 2. The number of nitrogen functional groups attached to an aromatic ring is 1. The van der Waals surface area contributed by atoms with Crippen LogP contribution in [-0.4, -0.2) is 20.2 Å². The Hall–Kier alpha value is -3.15. The fraction of sp³-hybridized carbons (Fsp3) is 0. The van der Waals surface area contributed by atoms with Gasteiger partial charge in [-0.05, 0) is 18.2 Å². The van der Waals surface area contributed by atoms with Crippen molar-refractivity contribution in [3.05, 3.63) is 48.7 Å². The number of para-hydroxylation sites is 1. The largest absolute Gasteiger partial charge is 0.382 e. The maximum absolute atomic E-state index is 5.90. The first-order valence-corrected chi connectivity index (χ1v) is 6.52. The van der Waals surface area contributed by atoms with E-state index in [4.69, 9.17) is 5.73 Å². The molecule has 0 saturated carbocycles. The zero-order valence-corrected chi connectivity index (χ0v) is 11.0. The monoisotopic (exact) mass is 276 g/mol. The standard InChI is InChI=1S/C15H12N6/c16-14-13-11(6-3-7-12(13)20-21-14)19-15-17-8-9-4-1-2-5-10(9)18-15/h1-8H,(H3,16,20,21)(H,17,18,19). The average molecular weight is 276 g/mol. The second-order valence-corrected chi connectivity index (χ2v) is 4.71. The number of H-pyrrole nitrogens is 1. The van der Waals surface area contributed by atoms with Gasteiger partial charge in [0.05, 0.1) is 22.1 Å². The van der Waals surface area contributed by atoms with E-state index in [9.17, 15) is 0 Å². The number of benzene rings is 2. The molecular formula is C15H12N6. The molecule has 0 fully saturated rings. The molecule has 0 spiro atoms. The molecule has 2 heterocycles. The van der Waals surface area contributed by atoms with Crippen molar-refractivity contribution in [2.75, 3.05) is 11.1 Å². The minimum Gasteiger partial charge on any atom is -0.382 e. The molecule has 0 bridgehead atoms. The second kappa shape index (κ2) is 4.45. The average Bonchev–Trinajstić information content (AvgIpc) is 2.90. The number of hydrogen-bond acceptors (Lipinski definition) is 5. The minimum absolute atomic E-state index is 0.453. The van der Waals surface area contributed by atoms with Crippen LogP contribution in [0.5, 0.6) is 0 Å². The van der Waals surface area contributed by atoms with Gasteiger partial charge >= 0.3 is 0 Å². The summed E-state index contributed by atoms with van der Waals surface area (Å²) in [4.78, 5) is 8.83. The lowest BCUT2D eigenvalue weighted by molar-refractivity contribution is 1.13. The van der Waals surface area contributed by atoms with E-state index in [0.29, 0.717) is 11.8 Å².